The fourth-order valence-electron chi connectivity index (χ4n) is 5.52. The molecule has 4 aliphatic carbocycles. The van der Waals surface area contributed by atoms with Crippen molar-refractivity contribution in [2.24, 2.45) is 23.2 Å². The molecule has 2 heteroatoms. The first-order chi connectivity index (χ1) is 10.7. The SMILES string of the molecule is CC1(C)[C@@H]2CC[C@@H](CNCCNC3CCCCCCC3)[C@@H]1C2. The van der Waals surface area contributed by atoms with E-state index in [-0.39, 0.29) is 0 Å². The Morgan fingerprint density at radius 3 is 2.27 bits per heavy atom. The molecule has 0 spiro atoms. The second-order valence-electron chi connectivity index (χ2n) is 8.90. The maximum Gasteiger partial charge on any atom is 0.00793 e. The van der Waals surface area contributed by atoms with Gasteiger partial charge in [0.05, 0.1) is 0 Å². The molecule has 0 saturated heterocycles. The Labute approximate surface area is 138 Å². The molecule has 2 nitrogen and oxygen atoms in total. The zero-order valence-electron chi connectivity index (χ0n) is 15.0. The molecule has 4 fully saturated rings. The Morgan fingerprint density at radius 1 is 0.864 bits per heavy atom. The van der Waals surface area contributed by atoms with Crippen molar-refractivity contribution in [1.82, 2.24) is 10.6 Å². The highest BCUT2D eigenvalue weighted by Crippen LogP contribution is 2.61. The van der Waals surface area contributed by atoms with E-state index in [0.717, 1.165) is 36.9 Å². The summed E-state index contributed by atoms with van der Waals surface area (Å²) in [5.41, 5.74) is 0.641. The van der Waals surface area contributed by atoms with Crippen LogP contribution >= 0.6 is 0 Å². The van der Waals surface area contributed by atoms with Crippen LogP contribution in [0.3, 0.4) is 0 Å². The van der Waals surface area contributed by atoms with Gasteiger partial charge in [0.2, 0.25) is 0 Å². The van der Waals surface area contributed by atoms with Crippen LogP contribution in [0.25, 0.3) is 0 Å². The standard InChI is InChI=1S/C20H38N2/c1-20(2)17-11-10-16(19(20)14-17)15-21-12-13-22-18-8-6-4-3-5-7-9-18/h16-19,21-22H,3-15H2,1-2H3/t16-,17+,19-/m0/s1. The van der Waals surface area contributed by atoms with Crippen LogP contribution in [0.1, 0.15) is 78.1 Å². The Balaban J connectivity index is 1.27. The minimum Gasteiger partial charge on any atom is -0.315 e. The van der Waals surface area contributed by atoms with Gasteiger partial charge in [-0.25, -0.2) is 0 Å². The molecular formula is C20H38N2. The van der Waals surface area contributed by atoms with Crippen LogP contribution in [0.5, 0.6) is 0 Å². The van der Waals surface area contributed by atoms with Crippen LogP contribution in [-0.4, -0.2) is 25.7 Å². The second-order valence-corrected chi connectivity index (χ2v) is 8.90. The zero-order valence-corrected chi connectivity index (χ0v) is 15.0. The summed E-state index contributed by atoms with van der Waals surface area (Å²) >= 11 is 0. The van der Waals surface area contributed by atoms with Crippen molar-refractivity contribution in [3.05, 3.63) is 0 Å². The molecule has 22 heavy (non-hydrogen) atoms. The molecule has 3 atom stereocenters. The Bertz CT molecular complexity index is 329. The van der Waals surface area contributed by atoms with E-state index in [1.165, 1.54) is 70.8 Å². The first-order valence-electron chi connectivity index (χ1n) is 10.1. The highest BCUT2D eigenvalue weighted by molar-refractivity contribution is 5.03. The Morgan fingerprint density at radius 2 is 1.59 bits per heavy atom. The molecule has 0 amide bonds. The van der Waals surface area contributed by atoms with Gasteiger partial charge in [-0.1, -0.05) is 46.0 Å². The first kappa shape index (κ1) is 16.8. The zero-order chi connectivity index (χ0) is 15.4. The largest absolute Gasteiger partial charge is 0.315 e. The lowest BCUT2D eigenvalue weighted by Crippen LogP contribution is -2.54. The van der Waals surface area contributed by atoms with E-state index in [2.05, 4.69) is 24.5 Å². The molecule has 0 aliphatic heterocycles. The van der Waals surface area contributed by atoms with Crippen molar-refractivity contribution in [1.29, 1.82) is 0 Å². The first-order valence-corrected chi connectivity index (χ1v) is 10.1. The summed E-state index contributed by atoms with van der Waals surface area (Å²) in [5, 5.41) is 7.55. The summed E-state index contributed by atoms with van der Waals surface area (Å²) in [7, 11) is 0. The Hall–Kier alpha value is -0.0800. The number of fused-ring (bicyclic) bond motifs is 2. The fourth-order valence-corrected chi connectivity index (χ4v) is 5.52. The lowest BCUT2D eigenvalue weighted by Gasteiger charge is -2.60. The highest BCUT2D eigenvalue weighted by Gasteiger charge is 2.53. The Kier molecular flexibility index (Phi) is 5.84. The van der Waals surface area contributed by atoms with Crippen molar-refractivity contribution >= 4 is 0 Å². The number of hydrogen-bond donors (Lipinski definition) is 2. The van der Waals surface area contributed by atoms with Crippen LogP contribution in [0.2, 0.25) is 0 Å². The lowest BCUT2D eigenvalue weighted by atomic mass is 9.45. The van der Waals surface area contributed by atoms with E-state index >= 15 is 0 Å². The highest BCUT2D eigenvalue weighted by atomic mass is 15.0. The van der Waals surface area contributed by atoms with E-state index in [0.29, 0.717) is 5.41 Å². The monoisotopic (exact) mass is 306 g/mol. The minimum atomic E-state index is 0.641. The maximum absolute atomic E-state index is 3.80. The van der Waals surface area contributed by atoms with Crippen molar-refractivity contribution in [3.63, 3.8) is 0 Å². The maximum atomic E-state index is 3.80. The van der Waals surface area contributed by atoms with Gasteiger partial charge in [0.15, 0.2) is 0 Å². The molecule has 4 rings (SSSR count). The van der Waals surface area contributed by atoms with Gasteiger partial charge in [0.1, 0.15) is 0 Å². The third-order valence-corrected chi connectivity index (χ3v) is 7.25. The molecule has 4 saturated carbocycles. The minimum absolute atomic E-state index is 0.641. The van der Waals surface area contributed by atoms with Crippen LogP contribution < -0.4 is 10.6 Å². The van der Waals surface area contributed by atoms with Crippen LogP contribution in [0, 0.1) is 23.2 Å². The molecule has 4 aliphatic rings. The van der Waals surface area contributed by atoms with E-state index in [1.807, 2.05) is 0 Å². The summed E-state index contributed by atoms with van der Waals surface area (Å²) in [6.45, 7) is 8.59. The predicted molar refractivity (Wildman–Crippen MR) is 95.1 cm³/mol. The summed E-state index contributed by atoms with van der Waals surface area (Å²) in [6.07, 6.45) is 14.5. The number of hydrogen-bond acceptors (Lipinski definition) is 2. The lowest BCUT2D eigenvalue weighted by molar-refractivity contribution is -0.103. The van der Waals surface area contributed by atoms with Gasteiger partial charge >= 0.3 is 0 Å². The average molecular weight is 307 g/mol. The van der Waals surface area contributed by atoms with E-state index in [9.17, 15) is 0 Å². The summed E-state index contributed by atoms with van der Waals surface area (Å²) < 4.78 is 0. The van der Waals surface area contributed by atoms with Gasteiger partial charge in [-0.15, -0.1) is 0 Å². The van der Waals surface area contributed by atoms with E-state index < -0.39 is 0 Å². The van der Waals surface area contributed by atoms with E-state index in [1.54, 1.807) is 0 Å². The van der Waals surface area contributed by atoms with Crippen LogP contribution in [0.15, 0.2) is 0 Å². The second kappa shape index (κ2) is 7.66. The normalized spacial score (nSPS) is 35.5. The molecule has 0 aromatic carbocycles. The summed E-state index contributed by atoms with van der Waals surface area (Å²) in [4.78, 5) is 0. The molecule has 0 unspecified atom stereocenters. The quantitative estimate of drug-likeness (QED) is 0.713. The average Bonchev–Trinajstić information content (AvgIpc) is 2.48. The molecule has 0 aromatic heterocycles. The number of rotatable bonds is 6. The third-order valence-electron chi connectivity index (χ3n) is 7.25. The molecule has 0 radical (unpaired) electrons. The van der Waals surface area contributed by atoms with Gasteiger partial charge in [0.25, 0.3) is 0 Å². The molecule has 128 valence electrons. The fraction of sp³-hybridized carbons (Fsp3) is 1.00. The van der Waals surface area contributed by atoms with Crippen molar-refractivity contribution < 1.29 is 0 Å². The third kappa shape index (κ3) is 3.87. The van der Waals surface area contributed by atoms with Crippen molar-refractivity contribution in [2.75, 3.05) is 19.6 Å². The van der Waals surface area contributed by atoms with Gasteiger partial charge < -0.3 is 10.6 Å². The molecule has 0 heterocycles. The van der Waals surface area contributed by atoms with E-state index in [4.69, 9.17) is 0 Å². The number of nitrogens with one attached hydrogen (secondary N) is 2. The van der Waals surface area contributed by atoms with Gasteiger partial charge in [0, 0.05) is 19.1 Å². The topological polar surface area (TPSA) is 24.1 Å². The summed E-state index contributed by atoms with van der Waals surface area (Å²) in [6, 6.07) is 0.795. The molecule has 0 aromatic rings. The van der Waals surface area contributed by atoms with Crippen molar-refractivity contribution in [3.8, 4) is 0 Å². The van der Waals surface area contributed by atoms with Crippen LogP contribution in [-0.2, 0) is 0 Å². The predicted octanol–water partition coefficient (Wildman–Crippen LogP) is 4.35. The molecule has 2 bridgehead atoms. The molecule has 2 N–H and O–H groups in total. The van der Waals surface area contributed by atoms with Gasteiger partial charge in [-0.05, 0) is 61.8 Å². The molecular weight excluding hydrogens is 268 g/mol. The smallest absolute Gasteiger partial charge is 0.00793 e. The van der Waals surface area contributed by atoms with Crippen LogP contribution in [0.4, 0.5) is 0 Å². The van der Waals surface area contributed by atoms with Gasteiger partial charge in [-0.2, -0.15) is 0 Å². The summed E-state index contributed by atoms with van der Waals surface area (Å²) in [5.74, 6) is 2.98. The van der Waals surface area contributed by atoms with Gasteiger partial charge in [-0.3, -0.25) is 0 Å². The van der Waals surface area contributed by atoms with Crippen molar-refractivity contribution in [2.45, 2.75) is 84.1 Å².